The van der Waals surface area contributed by atoms with Gasteiger partial charge in [-0.15, -0.1) is 0 Å². The Balaban J connectivity index is 1.78. The van der Waals surface area contributed by atoms with Gasteiger partial charge in [0.1, 0.15) is 11.6 Å². The third-order valence-electron chi connectivity index (χ3n) is 5.69. The topological polar surface area (TPSA) is 67.1 Å². The molecule has 1 fully saturated rings. The van der Waals surface area contributed by atoms with Crippen LogP contribution in [0.3, 0.4) is 0 Å². The van der Waals surface area contributed by atoms with Crippen molar-refractivity contribution in [3.8, 4) is 11.1 Å². The zero-order valence-corrected chi connectivity index (χ0v) is 16.2. The first-order valence-electron chi connectivity index (χ1n) is 9.32. The second-order valence-corrected chi connectivity index (χ2v) is 7.82. The number of benzene rings is 1. The Hall–Kier alpha value is -2.83. The van der Waals surface area contributed by atoms with Gasteiger partial charge in [0, 0.05) is 28.8 Å². The number of aliphatic imine (C=N–C) groups is 1. The van der Waals surface area contributed by atoms with Crippen molar-refractivity contribution in [3.63, 3.8) is 0 Å². The molecule has 5 rings (SSSR count). The lowest BCUT2D eigenvalue weighted by Crippen LogP contribution is -1.97. The summed E-state index contributed by atoms with van der Waals surface area (Å²) in [4.78, 5) is 12.3. The molecule has 0 saturated heterocycles. The molecule has 1 saturated carbocycles. The summed E-state index contributed by atoms with van der Waals surface area (Å²) in [6.07, 6.45) is -0.152. The number of aromatic nitrogens is 3. The highest BCUT2D eigenvalue weighted by atomic mass is 19.3. The second-order valence-electron chi connectivity index (χ2n) is 7.82. The summed E-state index contributed by atoms with van der Waals surface area (Å²) >= 11 is 0. The molecule has 0 spiro atoms. The van der Waals surface area contributed by atoms with Crippen LogP contribution in [0.25, 0.3) is 27.7 Å². The molecule has 2 aromatic heterocycles. The second kappa shape index (κ2) is 5.59. The summed E-state index contributed by atoms with van der Waals surface area (Å²) < 4.78 is 32.6. The number of aryl methyl sites for hydroxylation is 2. The zero-order chi connectivity index (χ0) is 19.8. The lowest BCUT2D eigenvalue weighted by molar-refractivity contribution is 0.111. The third kappa shape index (κ3) is 2.45. The standard InChI is InChI=1S/C21H20F2N4O/c1-9-8-24-10(2)17(9)14-5-13(18-11(3)27-28-12(18)4)6-16-19(14)26-20(25-16)15-7-21(15,22)23/h5-6,15H,7-8H2,1-4H3,(H,25,26). The lowest BCUT2D eigenvalue weighted by atomic mass is 9.93. The molecule has 1 N–H and O–H groups in total. The van der Waals surface area contributed by atoms with Gasteiger partial charge in [0.2, 0.25) is 0 Å². The number of hydrogen-bond donors (Lipinski definition) is 1. The molecule has 7 heteroatoms. The van der Waals surface area contributed by atoms with E-state index in [1.165, 1.54) is 0 Å². The summed E-state index contributed by atoms with van der Waals surface area (Å²) in [6.45, 7) is 8.44. The van der Waals surface area contributed by atoms with Crippen molar-refractivity contribution in [2.45, 2.75) is 46.0 Å². The highest BCUT2D eigenvalue weighted by Crippen LogP contribution is 2.55. The van der Waals surface area contributed by atoms with Crippen LogP contribution in [0.2, 0.25) is 0 Å². The van der Waals surface area contributed by atoms with E-state index in [-0.39, 0.29) is 6.42 Å². The first kappa shape index (κ1) is 17.3. The van der Waals surface area contributed by atoms with E-state index in [0.717, 1.165) is 50.5 Å². The molecule has 144 valence electrons. The fourth-order valence-electron chi connectivity index (χ4n) is 4.17. The number of imidazole rings is 1. The maximum absolute atomic E-state index is 13.6. The summed E-state index contributed by atoms with van der Waals surface area (Å²) in [6, 6.07) is 3.99. The molecule has 1 unspecified atom stereocenters. The zero-order valence-electron chi connectivity index (χ0n) is 16.2. The minimum absolute atomic E-state index is 0.152. The van der Waals surface area contributed by atoms with Gasteiger partial charge in [-0.05, 0) is 51.0 Å². The Bertz CT molecular complexity index is 1180. The summed E-state index contributed by atoms with van der Waals surface area (Å²) in [7, 11) is 0. The number of allylic oxidation sites excluding steroid dienone is 1. The highest BCUT2D eigenvalue weighted by Gasteiger charge is 2.59. The van der Waals surface area contributed by atoms with Crippen molar-refractivity contribution in [1.29, 1.82) is 0 Å². The van der Waals surface area contributed by atoms with Crippen LogP contribution in [0.5, 0.6) is 0 Å². The lowest BCUT2D eigenvalue weighted by Gasteiger charge is -2.10. The van der Waals surface area contributed by atoms with Crippen LogP contribution in [0.15, 0.2) is 27.2 Å². The van der Waals surface area contributed by atoms with E-state index in [0.29, 0.717) is 17.9 Å². The number of alkyl halides is 2. The number of hydrogen-bond acceptors (Lipinski definition) is 4. The van der Waals surface area contributed by atoms with Crippen LogP contribution in [-0.2, 0) is 0 Å². The van der Waals surface area contributed by atoms with E-state index in [1.54, 1.807) is 0 Å². The van der Waals surface area contributed by atoms with E-state index in [9.17, 15) is 8.78 Å². The van der Waals surface area contributed by atoms with Gasteiger partial charge < -0.3 is 9.51 Å². The molecule has 0 radical (unpaired) electrons. The summed E-state index contributed by atoms with van der Waals surface area (Å²) in [5.74, 6) is -2.43. The first-order chi connectivity index (χ1) is 13.3. The molecule has 1 aliphatic heterocycles. The number of halogens is 2. The smallest absolute Gasteiger partial charge is 0.259 e. The molecule has 2 aliphatic rings. The Kier molecular flexibility index (Phi) is 3.45. The van der Waals surface area contributed by atoms with E-state index >= 15 is 0 Å². The van der Waals surface area contributed by atoms with Crippen LogP contribution in [0.4, 0.5) is 8.78 Å². The number of rotatable bonds is 3. The van der Waals surface area contributed by atoms with E-state index in [4.69, 9.17) is 4.52 Å². The third-order valence-corrected chi connectivity index (χ3v) is 5.69. The van der Waals surface area contributed by atoms with E-state index < -0.39 is 11.8 Å². The van der Waals surface area contributed by atoms with Crippen molar-refractivity contribution in [3.05, 3.63) is 40.5 Å². The molecule has 1 aromatic carbocycles. The maximum atomic E-state index is 13.6. The number of nitrogens with one attached hydrogen (secondary N) is 1. The van der Waals surface area contributed by atoms with Gasteiger partial charge in [0.05, 0.1) is 29.2 Å². The molecule has 3 aromatic rings. The van der Waals surface area contributed by atoms with E-state index in [2.05, 4.69) is 20.1 Å². The predicted octanol–water partition coefficient (Wildman–Crippen LogP) is 5.21. The Morgan fingerprint density at radius 2 is 1.93 bits per heavy atom. The fraction of sp³-hybridized carbons (Fsp3) is 0.381. The number of fused-ring (bicyclic) bond motifs is 1. The molecule has 1 atom stereocenters. The van der Waals surface area contributed by atoms with Gasteiger partial charge >= 0.3 is 0 Å². The Labute approximate surface area is 160 Å². The molecule has 5 nitrogen and oxygen atoms in total. The van der Waals surface area contributed by atoms with Crippen molar-refractivity contribution < 1.29 is 13.3 Å². The summed E-state index contributed by atoms with van der Waals surface area (Å²) in [5.41, 5.74) is 8.13. The van der Waals surface area contributed by atoms with Crippen LogP contribution in [-0.4, -0.2) is 33.3 Å². The van der Waals surface area contributed by atoms with Crippen molar-refractivity contribution in [2.75, 3.05) is 6.54 Å². The average molecular weight is 382 g/mol. The molecule has 28 heavy (non-hydrogen) atoms. The number of aromatic amines is 1. The van der Waals surface area contributed by atoms with Gasteiger partial charge in [-0.2, -0.15) is 0 Å². The minimum Gasteiger partial charge on any atom is -0.361 e. The van der Waals surface area contributed by atoms with E-state index in [1.807, 2.05) is 39.8 Å². The quantitative estimate of drug-likeness (QED) is 0.676. The molecular weight excluding hydrogens is 362 g/mol. The van der Waals surface area contributed by atoms with Gasteiger partial charge in [0.15, 0.2) is 0 Å². The normalized spacial score (nSPS) is 20.9. The van der Waals surface area contributed by atoms with Gasteiger partial charge in [-0.1, -0.05) is 5.16 Å². The van der Waals surface area contributed by atoms with Crippen LogP contribution < -0.4 is 0 Å². The molecule has 0 amide bonds. The number of nitrogens with zero attached hydrogens (tertiary/aromatic N) is 3. The van der Waals surface area contributed by atoms with Gasteiger partial charge in [-0.25, -0.2) is 13.8 Å². The molecule has 3 heterocycles. The van der Waals surface area contributed by atoms with Crippen LogP contribution in [0.1, 0.15) is 49.0 Å². The van der Waals surface area contributed by atoms with Gasteiger partial charge in [0.25, 0.3) is 5.92 Å². The van der Waals surface area contributed by atoms with Crippen LogP contribution >= 0.6 is 0 Å². The average Bonchev–Trinajstić information content (AvgIpc) is 2.97. The number of H-pyrrole nitrogens is 1. The SMILES string of the molecule is CC1=NCC(C)=C1c1cc(-c2c(C)noc2C)cc2[nH]c(C3CC3(F)F)nc12. The Morgan fingerprint density at radius 3 is 2.50 bits per heavy atom. The minimum atomic E-state index is -2.67. The largest absolute Gasteiger partial charge is 0.361 e. The molecule has 0 bridgehead atoms. The Morgan fingerprint density at radius 1 is 1.18 bits per heavy atom. The molecular formula is C21H20F2N4O. The van der Waals surface area contributed by atoms with Crippen molar-refractivity contribution in [2.24, 2.45) is 4.99 Å². The highest BCUT2D eigenvalue weighted by molar-refractivity contribution is 6.27. The first-order valence-corrected chi connectivity index (χ1v) is 9.32. The van der Waals surface area contributed by atoms with Crippen LogP contribution in [0, 0.1) is 13.8 Å². The monoisotopic (exact) mass is 382 g/mol. The van der Waals surface area contributed by atoms with Gasteiger partial charge in [-0.3, -0.25) is 4.99 Å². The maximum Gasteiger partial charge on any atom is 0.259 e. The van der Waals surface area contributed by atoms with Crippen molar-refractivity contribution >= 4 is 22.3 Å². The predicted molar refractivity (Wildman–Crippen MR) is 104 cm³/mol. The van der Waals surface area contributed by atoms with Crippen molar-refractivity contribution in [1.82, 2.24) is 15.1 Å². The fourth-order valence-corrected chi connectivity index (χ4v) is 4.17. The summed E-state index contributed by atoms with van der Waals surface area (Å²) in [5, 5.41) is 4.06. The molecule has 1 aliphatic carbocycles.